The van der Waals surface area contributed by atoms with Crippen molar-refractivity contribution in [2.24, 2.45) is 29.2 Å². The van der Waals surface area contributed by atoms with Gasteiger partial charge in [0.15, 0.2) is 0 Å². The highest BCUT2D eigenvalue weighted by Gasteiger charge is 2.36. The van der Waals surface area contributed by atoms with Gasteiger partial charge in [-0.05, 0) is 48.8 Å². The average molecular weight is 873 g/mol. The number of aromatic amines is 1. The van der Waals surface area contributed by atoms with Crippen LogP contribution in [0.15, 0.2) is 36.8 Å². The average Bonchev–Trinajstić information content (AvgIpc) is 3.73. The molecule has 1 aromatic heterocycles. The first-order valence-corrected chi connectivity index (χ1v) is 20.6. The van der Waals surface area contributed by atoms with Crippen molar-refractivity contribution in [1.82, 2.24) is 41.9 Å². The van der Waals surface area contributed by atoms with Gasteiger partial charge in [-0.1, -0.05) is 66.5 Å². The molecule has 0 spiro atoms. The highest BCUT2D eigenvalue weighted by molar-refractivity contribution is 5.98. The normalized spacial score (nSPS) is 16.1. The first-order chi connectivity index (χ1) is 29.1. The lowest BCUT2D eigenvalue weighted by atomic mass is 9.96. The number of aromatic nitrogens is 2. The molecule has 62 heavy (non-hydrogen) atoms. The number of phenolic OH excluding ortho intramolecular Hbond substituents is 1. The molecule has 0 saturated heterocycles. The molecule has 0 aliphatic carbocycles. The highest BCUT2D eigenvalue weighted by atomic mass is 16.4. The Labute approximate surface area is 360 Å². The van der Waals surface area contributed by atoms with E-state index in [9.17, 15) is 53.7 Å². The standard InChI is InChI=1S/C41H64N10O11/c1-8-21(5)33(50-39(59)32(43)23(7)52)40(60)49-27(14-20(3)4)35(55)48-30(17-31(42)54)37(57)46-28(15-24-10-12-26(53)13-11-24)36(56)47-29(16-25-18-44-19-45-25)38(58)51-34(41(61)62)22(6)9-2/h10-13,18-23,27-30,32-34,52-53H,8-9,14-17,43H2,1-7H3,(H2,42,54)(H,44,45)(H,46,57)(H,47,56)(H,48,55)(H,49,60)(H,50,59)(H,51,58)(H,61,62)/t21-,22-,23+,27-,28-,29-,30-,32-,33-,34-/m0/s1. The van der Waals surface area contributed by atoms with Gasteiger partial charge in [0.2, 0.25) is 41.4 Å². The minimum Gasteiger partial charge on any atom is -0.508 e. The largest absolute Gasteiger partial charge is 0.508 e. The lowest BCUT2D eigenvalue weighted by Crippen LogP contribution is -2.61. The summed E-state index contributed by atoms with van der Waals surface area (Å²) in [6.07, 6.45) is 1.29. The molecule has 10 atom stereocenters. The number of primary amides is 1. The van der Waals surface area contributed by atoms with E-state index in [2.05, 4.69) is 41.9 Å². The number of carboxylic acid groups (broad SMARTS) is 1. The zero-order valence-corrected chi connectivity index (χ0v) is 36.3. The summed E-state index contributed by atoms with van der Waals surface area (Å²) in [5.41, 5.74) is 12.1. The van der Waals surface area contributed by atoms with E-state index < -0.39 is 114 Å². The van der Waals surface area contributed by atoms with Crippen LogP contribution in [0.2, 0.25) is 0 Å². The second-order valence-corrected chi connectivity index (χ2v) is 16.0. The monoisotopic (exact) mass is 872 g/mol. The maximum absolute atomic E-state index is 14.1. The van der Waals surface area contributed by atoms with Gasteiger partial charge in [0, 0.05) is 24.7 Å². The molecule has 0 saturated carbocycles. The van der Waals surface area contributed by atoms with Crippen LogP contribution in [-0.4, -0.2) is 121 Å². The number of phenols is 1. The number of nitrogens with zero attached hydrogens (tertiary/aromatic N) is 1. The van der Waals surface area contributed by atoms with Gasteiger partial charge in [-0.2, -0.15) is 0 Å². The molecule has 1 aromatic carbocycles. The molecule has 0 aliphatic heterocycles. The number of carbonyl (C=O) groups excluding carboxylic acids is 7. The van der Waals surface area contributed by atoms with Crippen LogP contribution in [0.4, 0.5) is 0 Å². The van der Waals surface area contributed by atoms with Crippen molar-refractivity contribution >= 4 is 47.3 Å². The Kier molecular flexibility index (Phi) is 21.0. The molecule has 0 unspecified atom stereocenters. The van der Waals surface area contributed by atoms with Crippen molar-refractivity contribution in [2.75, 3.05) is 0 Å². The number of aliphatic carboxylic acids is 1. The van der Waals surface area contributed by atoms with Gasteiger partial charge in [-0.25, -0.2) is 9.78 Å². The summed E-state index contributed by atoms with van der Waals surface area (Å²) in [7, 11) is 0. The van der Waals surface area contributed by atoms with Crippen molar-refractivity contribution in [3.05, 3.63) is 48.0 Å². The number of imidazole rings is 1. The Balaban J connectivity index is 2.48. The third-order valence-electron chi connectivity index (χ3n) is 10.4. The Bertz CT molecular complexity index is 1820. The first-order valence-electron chi connectivity index (χ1n) is 20.6. The topological polar surface area (TPSA) is 350 Å². The summed E-state index contributed by atoms with van der Waals surface area (Å²) in [5, 5.41) is 44.8. The molecule has 14 N–H and O–H groups in total. The number of H-pyrrole nitrogens is 1. The maximum atomic E-state index is 14.1. The molecular formula is C41H64N10O11. The van der Waals surface area contributed by atoms with Gasteiger partial charge in [-0.15, -0.1) is 0 Å². The molecule has 2 aromatic rings. The highest BCUT2D eigenvalue weighted by Crippen LogP contribution is 2.15. The molecule has 0 fully saturated rings. The molecule has 0 radical (unpaired) electrons. The fraction of sp³-hybridized carbons (Fsp3) is 0.585. The van der Waals surface area contributed by atoms with Crippen LogP contribution in [0.5, 0.6) is 5.75 Å². The number of amides is 7. The zero-order chi connectivity index (χ0) is 46.8. The number of aromatic hydroxyl groups is 1. The zero-order valence-electron chi connectivity index (χ0n) is 36.3. The summed E-state index contributed by atoms with van der Waals surface area (Å²) in [6, 6.07) is -4.03. The molecule has 7 amide bonds. The van der Waals surface area contributed by atoms with Crippen LogP contribution in [-0.2, 0) is 51.2 Å². The predicted octanol–water partition coefficient (Wildman–Crippen LogP) is -1.38. The Morgan fingerprint density at radius 1 is 0.677 bits per heavy atom. The van der Waals surface area contributed by atoms with Crippen LogP contribution in [0.1, 0.15) is 85.4 Å². The second kappa shape index (κ2) is 25.0. The van der Waals surface area contributed by atoms with E-state index >= 15 is 0 Å². The van der Waals surface area contributed by atoms with E-state index in [4.69, 9.17) is 11.5 Å². The van der Waals surface area contributed by atoms with Crippen LogP contribution >= 0.6 is 0 Å². The van der Waals surface area contributed by atoms with Gasteiger partial charge < -0.3 is 63.7 Å². The molecule has 2 rings (SSSR count). The van der Waals surface area contributed by atoms with Crippen LogP contribution < -0.4 is 43.4 Å². The summed E-state index contributed by atoms with van der Waals surface area (Å²) in [6.45, 7) is 11.7. The van der Waals surface area contributed by atoms with Crippen molar-refractivity contribution < 1.29 is 53.7 Å². The SMILES string of the molecule is CC[C@H](C)[C@H](NC(=O)[C@H](Cc1cnc[nH]1)NC(=O)[C@H](Cc1ccc(O)cc1)NC(=O)[C@H](CC(N)=O)NC(=O)[C@H](CC(C)C)NC(=O)[C@@H](NC(=O)[C@@H](N)[C@@H](C)O)[C@@H](C)CC)C(=O)O. The molecular weight excluding hydrogens is 809 g/mol. The molecule has 21 nitrogen and oxygen atoms in total. The van der Waals surface area contributed by atoms with Gasteiger partial charge in [0.1, 0.15) is 48.0 Å². The predicted molar refractivity (Wildman–Crippen MR) is 225 cm³/mol. The molecule has 1 heterocycles. The van der Waals surface area contributed by atoms with Crippen molar-refractivity contribution in [3.8, 4) is 5.75 Å². The number of benzene rings is 1. The number of carboxylic acids is 1. The van der Waals surface area contributed by atoms with E-state index in [1.54, 1.807) is 41.5 Å². The Morgan fingerprint density at radius 3 is 1.66 bits per heavy atom. The lowest BCUT2D eigenvalue weighted by molar-refractivity contribution is -0.143. The summed E-state index contributed by atoms with van der Waals surface area (Å²) >= 11 is 0. The number of carbonyl (C=O) groups is 8. The number of aliphatic hydroxyl groups is 1. The molecule has 0 bridgehead atoms. The van der Waals surface area contributed by atoms with E-state index in [0.29, 0.717) is 24.1 Å². The first kappa shape index (κ1) is 52.0. The smallest absolute Gasteiger partial charge is 0.326 e. The quantitative estimate of drug-likeness (QED) is 0.0519. The van der Waals surface area contributed by atoms with Crippen molar-refractivity contribution in [3.63, 3.8) is 0 Å². The lowest BCUT2D eigenvalue weighted by Gasteiger charge is -2.29. The number of rotatable bonds is 26. The van der Waals surface area contributed by atoms with E-state index in [1.807, 2.05) is 0 Å². The Hall–Kier alpha value is -6.09. The van der Waals surface area contributed by atoms with Gasteiger partial charge in [0.05, 0.1) is 18.9 Å². The van der Waals surface area contributed by atoms with E-state index in [0.717, 1.165) is 0 Å². The fourth-order valence-electron chi connectivity index (χ4n) is 6.20. The third kappa shape index (κ3) is 16.8. The summed E-state index contributed by atoms with van der Waals surface area (Å²) < 4.78 is 0. The maximum Gasteiger partial charge on any atom is 0.326 e. The second-order valence-electron chi connectivity index (χ2n) is 16.0. The van der Waals surface area contributed by atoms with Gasteiger partial charge >= 0.3 is 5.97 Å². The minimum atomic E-state index is -1.69. The van der Waals surface area contributed by atoms with Gasteiger partial charge in [0.25, 0.3) is 0 Å². The van der Waals surface area contributed by atoms with E-state index in [-0.39, 0.29) is 30.9 Å². The molecule has 21 heteroatoms. The van der Waals surface area contributed by atoms with Gasteiger partial charge in [-0.3, -0.25) is 33.6 Å². The third-order valence-corrected chi connectivity index (χ3v) is 10.4. The minimum absolute atomic E-state index is 0.0439. The number of aliphatic hydroxyl groups excluding tert-OH is 1. The van der Waals surface area contributed by atoms with Crippen LogP contribution in [0.25, 0.3) is 0 Å². The number of nitrogens with one attached hydrogen (secondary N) is 7. The van der Waals surface area contributed by atoms with Crippen molar-refractivity contribution in [1.29, 1.82) is 0 Å². The number of hydrogen-bond donors (Lipinski definition) is 12. The number of nitrogens with two attached hydrogens (primary N) is 2. The fourth-order valence-corrected chi connectivity index (χ4v) is 6.20. The van der Waals surface area contributed by atoms with Crippen LogP contribution in [0.3, 0.4) is 0 Å². The molecule has 344 valence electrons. The van der Waals surface area contributed by atoms with Crippen molar-refractivity contribution in [2.45, 2.75) is 135 Å². The summed E-state index contributed by atoms with van der Waals surface area (Å²) in [4.78, 5) is 113. The number of hydrogen-bond acceptors (Lipinski definition) is 12. The van der Waals surface area contributed by atoms with Crippen LogP contribution in [0, 0.1) is 17.8 Å². The van der Waals surface area contributed by atoms with E-state index in [1.165, 1.54) is 43.7 Å². The Morgan fingerprint density at radius 2 is 1.16 bits per heavy atom. The summed E-state index contributed by atoms with van der Waals surface area (Å²) in [5.74, 6) is -8.73. The molecule has 0 aliphatic rings.